The molecule has 0 bridgehead atoms. The molecule has 2 atom stereocenters. The lowest BCUT2D eigenvalue weighted by Gasteiger charge is -2.29. The number of hydrogen-bond donors (Lipinski definition) is 0. The topological polar surface area (TPSA) is 77.7 Å². The maximum atomic E-state index is 13.2. The maximum absolute atomic E-state index is 13.2. The van der Waals surface area contributed by atoms with E-state index in [9.17, 15) is 9.18 Å². The van der Waals surface area contributed by atoms with Gasteiger partial charge in [-0.3, -0.25) is 4.79 Å². The van der Waals surface area contributed by atoms with Gasteiger partial charge in [0.15, 0.2) is 6.10 Å². The Morgan fingerprint density at radius 3 is 2.52 bits per heavy atom. The largest absolute Gasteiger partial charge is 0.481 e. The van der Waals surface area contributed by atoms with Crippen LogP contribution in [-0.4, -0.2) is 47.3 Å². The predicted octanol–water partition coefficient (Wildman–Crippen LogP) is 4.04. The molecule has 7 nitrogen and oxygen atoms in total. The molecule has 1 aliphatic rings. The highest BCUT2D eigenvalue weighted by Gasteiger charge is 2.30. The van der Waals surface area contributed by atoms with E-state index < -0.39 is 11.4 Å². The molecule has 2 aromatic carbocycles. The number of aromatic nitrogens is 2. The summed E-state index contributed by atoms with van der Waals surface area (Å²) in [5.41, 5.74) is 0.861. The van der Waals surface area contributed by atoms with Gasteiger partial charge in [-0.15, -0.1) is 10.2 Å². The summed E-state index contributed by atoms with van der Waals surface area (Å²) in [6.45, 7) is 3.93. The van der Waals surface area contributed by atoms with Crippen molar-refractivity contribution < 1.29 is 23.1 Å². The third-order valence-electron chi connectivity index (χ3n) is 4.76. The zero-order chi connectivity index (χ0) is 21.6. The average molecular weight is 444 g/mol. The zero-order valence-corrected chi connectivity index (χ0v) is 17.8. The summed E-state index contributed by atoms with van der Waals surface area (Å²) < 4.78 is 30.0. The van der Waals surface area contributed by atoms with Crippen LogP contribution in [0.3, 0.4) is 0 Å². The van der Waals surface area contributed by atoms with Crippen molar-refractivity contribution in [3.8, 4) is 5.75 Å². The Bertz CT molecular complexity index is 994. The minimum absolute atomic E-state index is 0.0186. The number of hydrogen-bond acceptors (Lipinski definition) is 7. The fourth-order valence-electron chi connectivity index (χ4n) is 3.14. The molecule has 1 aliphatic heterocycles. The van der Waals surface area contributed by atoms with Gasteiger partial charge in [-0.1, -0.05) is 30.3 Å². The first kappa shape index (κ1) is 21.3. The minimum atomic E-state index is -0.530. The fraction of sp³-hybridized carbons (Fsp3) is 0.318. The lowest BCUT2D eigenvalue weighted by atomic mass is 10.1. The van der Waals surface area contributed by atoms with Crippen molar-refractivity contribution in [2.45, 2.75) is 23.5 Å². The number of halogens is 1. The van der Waals surface area contributed by atoms with Crippen molar-refractivity contribution >= 4 is 17.7 Å². The molecule has 31 heavy (non-hydrogen) atoms. The molecular formula is C22H22FN3O4S. The molecule has 2 unspecified atom stereocenters. The van der Waals surface area contributed by atoms with Crippen LogP contribution in [0.2, 0.25) is 0 Å². The first-order chi connectivity index (χ1) is 15.1. The van der Waals surface area contributed by atoms with Gasteiger partial charge >= 0.3 is 0 Å². The Morgan fingerprint density at radius 2 is 1.81 bits per heavy atom. The lowest BCUT2D eigenvalue weighted by molar-refractivity contribution is -0.134. The Balaban J connectivity index is 1.48. The second-order valence-electron chi connectivity index (χ2n) is 6.97. The van der Waals surface area contributed by atoms with Gasteiger partial charge in [0.2, 0.25) is 5.91 Å². The first-order valence-corrected chi connectivity index (χ1v) is 10.8. The molecule has 1 aromatic heterocycles. The predicted molar refractivity (Wildman–Crippen MR) is 112 cm³/mol. The van der Waals surface area contributed by atoms with Gasteiger partial charge in [0.05, 0.1) is 13.2 Å². The van der Waals surface area contributed by atoms with Crippen LogP contribution < -0.4 is 4.74 Å². The van der Waals surface area contributed by atoms with Crippen LogP contribution in [-0.2, 0) is 9.53 Å². The van der Waals surface area contributed by atoms with E-state index in [0.29, 0.717) is 32.1 Å². The van der Waals surface area contributed by atoms with Gasteiger partial charge < -0.3 is 18.8 Å². The highest BCUT2D eigenvalue weighted by atomic mass is 32.2. The summed E-state index contributed by atoms with van der Waals surface area (Å²) >= 11 is 1.21. The number of carbonyl (C=O) groups is 1. The lowest BCUT2D eigenvalue weighted by Crippen LogP contribution is -2.42. The highest BCUT2D eigenvalue weighted by molar-refractivity contribution is 8.00. The summed E-state index contributed by atoms with van der Waals surface area (Å²) in [5, 5.41) is 7.93. The number of thioether (sulfide) groups is 1. The van der Waals surface area contributed by atoms with E-state index in [0.717, 1.165) is 5.56 Å². The van der Waals surface area contributed by atoms with Gasteiger partial charge in [0, 0.05) is 13.1 Å². The van der Waals surface area contributed by atoms with Crippen molar-refractivity contribution in [3.63, 3.8) is 0 Å². The summed E-state index contributed by atoms with van der Waals surface area (Å²) in [7, 11) is 0. The monoisotopic (exact) mass is 443 g/mol. The second kappa shape index (κ2) is 9.93. The van der Waals surface area contributed by atoms with Crippen LogP contribution in [0, 0.1) is 5.82 Å². The van der Waals surface area contributed by atoms with Crippen molar-refractivity contribution in [2.24, 2.45) is 0 Å². The number of morpholine rings is 1. The summed E-state index contributed by atoms with van der Waals surface area (Å²) in [5.74, 6) is 0.409. The third-order valence-corrected chi connectivity index (χ3v) is 5.84. The van der Waals surface area contributed by atoms with Gasteiger partial charge in [0.25, 0.3) is 11.1 Å². The molecule has 1 amide bonds. The number of nitrogens with zero attached hydrogens (tertiary/aromatic N) is 3. The summed E-state index contributed by atoms with van der Waals surface area (Å²) in [4.78, 5) is 15.0. The average Bonchev–Trinajstić information content (AvgIpc) is 3.29. The van der Waals surface area contributed by atoms with Crippen LogP contribution in [0.15, 0.2) is 64.2 Å². The second-order valence-corrected chi connectivity index (χ2v) is 8.02. The van der Waals surface area contributed by atoms with E-state index in [2.05, 4.69) is 10.2 Å². The standard InChI is InChI=1S/C22H22FN3O4S/c1-15(29-18-9-7-17(23)8-10-18)20-24-25-22(30-20)31-19(16-5-3-2-4-6-16)21(27)26-11-13-28-14-12-26/h2-10,15,19H,11-14H2,1H3. The van der Waals surface area contributed by atoms with Crippen molar-refractivity contribution in [3.05, 3.63) is 71.9 Å². The van der Waals surface area contributed by atoms with Crippen LogP contribution >= 0.6 is 11.8 Å². The molecule has 0 aliphatic carbocycles. The summed E-state index contributed by atoms with van der Waals surface area (Å²) in [6, 6.07) is 15.2. The smallest absolute Gasteiger partial charge is 0.277 e. The molecule has 162 valence electrons. The molecule has 0 spiro atoms. The normalized spacial score (nSPS) is 16.0. The van der Waals surface area contributed by atoms with Gasteiger partial charge in [-0.25, -0.2) is 4.39 Å². The van der Waals surface area contributed by atoms with Gasteiger partial charge in [0.1, 0.15) is 16.8 Å². The number of benzene rings is 2. The van der Waals surface area contributed by atoms with Crippen molar-refractivity contribution in [1.29, 1.82) is 0 Å². The van der Waals surface area contributed by atoms with Crippen LogP contribution in [0.25, 0.3) is 0 Å². The van der Waals surface area contributed by atoms with Crippen LogP contribution in [0.4, 0.5) is 4.39 Å². The van der Waals surface area contributed by atoms with E-state index in [1.54, 1.807) is 11.8 Å². The Kier molecular flexibility index (Phi) is 6.83. The first-order valence-electron chi connectivity index (χ1n) is 9.94. The quantitative estimate of drug-likeness (QED) is 0.510. The van der Waals surface area contributed by atoms with Gasteiger partial charge in [-0.2, -0.15) is 0 Å². The van der Waals surface area contributed by atoms with E-state index in [1.165, 1.54) is 36.0 Å². The highest BCUT2D eigenvalue weighted by Crippen LogP contribution is 2.37. The van der Waals surface area contributed by atoms with Crippen molar-refractivity contribution in [2.75, 3.05) is 26.3 Å². The molecule has 0 N–H and O–H groups in total. The minimum Gasteiger partial charge on any atom is -0.481 e. The van der Waals surface area contributed by atoms with Crippen LogP contribution in [0.5, 0.6) is 5.75 Å². The van der Waals surface area contributed by atoms with Crippen molar-refractivity contribution in [1.82, 2.24) is 15.1 Å². The Labute approximate surface area is 183 Å². The Morgan fingerprint density at radius 1 is 1.10 bits per heavy atom. The van der Waals surface area contributed by atoms with E-state index >= 15 is 0 Å². The van der Waals surface area contributed by atoms with E-state index in [-0.39, 0.29) is 22.8 Å². The Hall–Kier alpha value is -2.91. The number of amides is 1. The molecule has 3 aromatic rings. The molecule has 9 heteroatoms. The molecular weight excluding hydrogens is 421 g/mol. The number of carbonyl (C=O) groups excluding carboxylic acids is 1. The SMILES string of the molecule is CC(Oc1ccc(F)cc1)c1nnc(SC(C(=O)N2CCOCC2)c2ccccc2)o1. The van der Waals surface area contributed by atoms with E-state index in [1.807, 2.05) is 30.3 Å². The fourth-order valence-corrected chi connectivity index (χ4v) is 4.11. The molecule has 0 saturated carbocycles. The van der Waals surface area contributed by atoms with Gasteiger partial charge in [-0.05, 0) is 48.5 Å². The summed E-state index contributed by atoms with van der Waals surface area (Å²) in [6.07, 6.45) is -0.530. The molecule has 1 fully saturated rings. The molecule has 0 radical (unpaired) electrons. The van der Waals surface area contributed by atoms with Crippen LogP contribution in [0.1, 0.15) is 29.7 Å². The maximum Gasteiger partial charge on any atom is 0.277 e. The zero-order valence-electron chi connectivity index (χ0n) is 16.9. The molecule has 4 rings (SSSR count). The number of ether oxygens (including phenoxy) is 2. The molecule has 2 heterocycles. The van der Waals surface area contributed by atoms with E-state index in [4.69, 9.17) is 13.9 Å². The number of rotatable bonds is 7. The third kappa shape index (κ3) is 5.42. The molecule has 1 saturated heterocycles.